The molecule has 0 saturated carbocycles. The predicted molar refractivity (Wildman–Crippen MR) is 67.9 cm³/mol. The zero-order valence-corrected chi connectivity index (χ0v) is 9.94. The van der Waals surface area contributed by atoms with E-state index in [9.17, 15) is 0 Å². The molecule has 1 aromatic rings. The van der Waals surface area contributed by atoms with Gasteiger partial charge in [0.1, 0.15) is 5.75 Å². The summed E-state index contributed by atoms with van der Waals surface area (Å²) in [7, 11) is 1.74. The Morgan fingerprint density at radius 1 is 1.31 bits per heavy atom. The van der Waals surface area contributed by atoms with Crippen LogP contribution in [0, 0.1) is 0 Å². The van der Waals surface area contributed by atoms with E-state index in [1.165, 1.54) is 11.1 Å². The van der Waals surface area contributed by atoms with Gasteiger partial charge in [0.25, 0.3) is 0 Å². The van der Waals surface area contributed by atoms with E-state index in [2.05, 4.69) is 37.3 Å². The molecule has 0 heterocycles. The third kappa shape index (κ3) is 2.04. The molecular formula is C15H18O. The number of hydrogen-bond acceptors (Lipinski definition) is 1. The van der Waals surface area contributed by atoms with Crippen LogP contribution in [0.2, 0.25) is 0 Å². The van der Waals surface area contributed by atoms with E-state index in [4.69, 9.17) is 4.74 Å². The minimum atomic E-state index is 0.467. The molecule has 0 aliphatic heterocycles. The molecule has 0 spiro atoms. The SMILES string of the molecule is CCC(C1=CCC=C1)c1ccccc1OC. The first-order chi connectivity index (χ1) is 7.86. The molecule has 16 heavy (non-hydrogen) atoms. The normalized spacial score (nSPS) is 16.0. The molecule has 1 heteroatoms. The fourth-order valence-corrected chi connectivity index (χ4v) is 2.32. The van der Waals surface area contributed by atoms with Crippen LogP contribution in [-0.4, -0.2) is 7.11 Å². The Hall–Kier alpha value is -1.50. The van der Waals surface area contributed by atoms with Crippen LogP contribution in [0.3, 0.4) is 0 Å². The zero-order valence-electron chi connectivity index (χ0n) is 9.94. The lowest BCUT2D eigenvalue weighted by Gasteiger charge is -2.18. The average Bonchev–Trinajstić information content (AvgIpc) is 2.84. The van der Waals surface area contributed by atoms with Crippen molar-refractivity contribution in [2.75, 3.05) is 7.11 Å². The highest BCUT2D eigenvalue weighted by Crippen LogP contribution is 2.36. The molecule has 1 aliphatic carbocycles. The molecule has 84 valence electrons. The summed E-state index contributed by atoms with van der Waals surface area (Å²) in [4.78, 5) is 0. The van der Waals surface area contributed by atoms with Gasteiger partial charge < -0.3 is 4.74 Å². The van der Waals surface area contributed by atoms with Gasteiger partial charge in [-0.05, 0) is 24.5 Å². The van der Waals surface area contributed by atoms with E-state index in [-0.39, 0.29) is 0 Å². The van der Waals surface area contributed by atoms with Gasteiger partial charge in [0, 0.05) is 11.5 Å². The van der Waals surface area contributed by atoms with Gasteiger partial charge in [-0.3, -0.25) is 0 Å². The van der Waals surface area contributed by atoms with Crippen LogP contribution in [0.4, 0.5) is 0 Å². The van der Waals surface area contributed by atoms with Gasteiger partial charge in [-0.15, -0.1) is 0 Å². The van der Waals surface area contributed by atoms with Gasteiger partial charge in [0.05, 0.1) is 7.11 Å². The number of para-hydroxylation sites is 1. The highest BCUT2D eigenvalue weighted by Gasteiger charge is 2.17. The summed E-state index contributed by atoms with van der Waals surface area (Å²) in [6, 6.07) is 8.31. The van der Waals surface area contributed by atoms with E-state index in [0.717, 1.165) is 18.6 Å². The summed E-state index contributed by atoms with van der Waals surface area (Å²) >= 11 is 0. The number of hydrogen-bond donors (Lipinski definition) is 0. The van der Waals surface area contributed by atoms with E-state index in [0.29, 0.717) is 5.92 Å². The molecule has 0 fully saturated rings. The van der Waals surface area contributed by atoms with Crippen molar-refractivity contribution in [3.8, 4) is 5.75 Å². The second-order valence-electron chi connectivity index (χ2n) is 4.04. The fourth-order valence-electron chi connectivity index (χ4n) is 2.32. The second kappa shape index (κ2) is 5.02. The molecule has 0 bridgehead atoms. The summed E-state index contributed by atoms with van der Waals surface area (Å²) in [5.41, 5.74) is 2.72. The Balaban J connectivity index is 2.36. The van der Waals surface area contributed by atoms with Crippen LogP contribution < -0.4 is 4.74 Å². The van der Waals surface area contributed by atoms with Gasteiger partial charge in [-0.2, -0.15) is 0 Å². The lowest BCUT2D eigenvalue weighted by atomic mass is 9.89. The van der Waals surface area contributed by atoms with E-state index < -0.39 is 0 Å². The molecule has 1 aromatic carbocycles. The summed E-state index contributed by atoms with van der Waals surface area (Å²) < 4.78 is 5.44. The minimum absolute atomic E-state index is 0.467. The number of allylic oxidation sites excluding steroid dienone is 4. The van der Waals surface area contributed by atoms with Gasteiger partial charge in [0.15, 0.2) is 0 Å². The van der Waals surface area contributed by atoms with E-state index >= 15 is 0 Å². The fraction of sp³-hybridized carbons (Fsp3) is 0.333. The topological polar surface area (TPSA) is 9.23 Å². The van der Waals surface area contributed by atoms with Crippen molar-refractivity contribution in [3.63, 3.8) is 0 Å². The van der Waals surface area contributed by atoms with E-state index in [1.807, 2.05) is 12.1 Å². The summed E-state index contributed by atoms with van der Waals surface area (Å²) in [6.07, 6.45) is 8.94. The van der Waals surface area contributed by atoms with Crippen molar-refractivity contribution in [2.24, 2.45) is 0 Å². The first kappa shape index (κ1) is 11.0. The largest absolute Gasteiger partial charge is 0.496 e. The molecule has 2 rings (SSSR count). The van der Waals surface area contributed by atoms with Gasteiger partial charge >= 0.3 is 0 Å². The minimum Gasteiger partial charge on any atom is -0.496 e. The van der Waals surface area contributed by atoms with Crippen molar-refractivity contribution in [3.05, 3.63) is 53.6 Å². The van der Waals surface area contributed by atoms with Crippen LogP contribution in [0.15, 0.2) is 48.1 Å². The van der Waals surface area contributed by atoms with Crippen LogP contribution in [-0.2, 0) is 0 Å². The first-order valence-corrected chi connectivity index (χ1v) is 5.86. The van der Waals surface area contributed by atoms with Gasteiger partial charge in [0.2, 0.25) is 0 Å². The maximum atomic E-state index is 5.44. The average molecular weight is 214 g/mol. The quantitative estimate of drug-likeness (QED) is 0.734. The maximum Gasteiger partial charge on any atom is 0.122 e. The molecule has 0 amide bonds. The molecule has 1 nitrogen and oxygen atoms in total. The molecule has 1 aliphatic rings. The summed E-state index contributed by atoms with van der Waals surface area (Å²) in [5.74, 6) is 1.46. The Morgan fingerprint density at radius 3 is 2.75 bits per heavy atom. The number of benzene rings is 1. The molecule has 0 radical (unpaired) electrons. The molecule has 0 aromatic heterocycles. The predicted octanol–water partition coefficient (Wildman–Crippen LogP) is 4.08. The zero-order chi connectivity index (χ0) is 11.4. The van der Waals surface area contributed by atoms with Crippen LogP contribution in [0.1, 0.15) is 31.2 Å². The third-order valence-electron chi connectivity index (χ3n) is 3.12. The van der Waals surface area contributed by atoms with Gasteiger partial charge in [-0.1, -0.05) is 43.4 Å². The molecular weight excluding hydrogens is 196 g/mol. The van der Waals surface area contributed by atoms with Crippen molar-refractivity contribution in [1.82, 2.24) is 0 Å². The molecule has 0 N–H and O–H groups in total. The lowest BCUT2D eigenvalue weighted by Crippen LogP contribution is -2.01. The van der Waals surface area contributed by atoms with Crippen LogP contribution in [0.5, 0.6) is 5.75 Å². The van der Waals surface area contributed by atoms with E-state index in [1.54, 1.807) is 7.11 Å². The number of rotatable bonds is 4. The highest BCUT2D eigenvalue weighted by molar-refractivity contribution is 5.44. The Morgan fingerprint density at radius 2 is 2.12 bits per heavy atom. The van der Waals surface area contributed by atoms with Crippen LogP contribution in [0.25, 0.3) is 0 Å². The summed E-state index contributed by atoms with van der Waals surface area (Å²) in [6.45, 7) is 2.23. The van der Waals surface area contributed by atoms with Gasteiger partial charge in [-0.25, -0.2) is 0 Å². The molecule has 1 atom stereocenters. The third-order valence-corrected chi connectivity index (χ3v) is 3.12. The molecule has 1 unspecified atom stereocenters. The van der Waals surface area contributed by atoms with Crippen LogP contribution >= 0.6 is 0 Å². The lowest BCUT2D eigenvalue weighted by molar-refractivity contribution is 0.407. The maximum absolute atomic E-state index is 5.44. The standard InChI is InChI=1S/C15H18O/c1-3-13(12-8-4-5-9-12)14-10-6-7-11-15(14)16-2/h4,6-11,13H,3,5H2,1-2H3. The second-order valence-corrected chi connectivity index (χ2v) is 4.04. The smallest absolute Gasteiger partial charge is 0.122 e. The Bertz CT molecular complexity index is 415. The van der Waals surface area contributed by atoms with Crippen molar-refractivity contribution in [1.29, 1.82) is 0 Å². The Kier molecular flexibility index (Phi) is 3.45. The monoisotopic (exact) mass is 214 g/mol. The highest BCUT2D eigenvalue weighted by atomic mass is 16.5. The first-order valence-electron chi connectivity index (χ1n) is 5.86. The summed E-state index contributed by atoms with van der Waals surface area (Å²) in [5, 5.41) is 0. The number of methoxy groups -OCH3 is 1. The van der Waals surface area contributed by atoms with Crippen molar-refractivity contribution >= 4 is 0 Å². The Labute approximate surface area is 97.4 Å². The molecule has 0 saturated heterocycles. The van der Waals surface area contributed by atoms with Crippen molar-refractivity contribution < 1.29 is 4.74 Å². The number of ether oxygens (including phenoxy) is 1. The van der Waals surface area contributed by atoms with Crippen molar-refractivity contribution in [2.45, 2.75) is 25.7 Å².